The van der Waals surface area contributed by atoms with Crippen molar-refractivity contribution in [2.75, 3.05) is 25.5 Å². The van der Waals surface area contributed by atoms with E-state index in [2.05, 4.69) is 15.5 Å². The molecule has 3 aromatic rings. The first-order valence-corrected chi connectivity index (χ1v) is 9.82. The van der Waals surface area contributed by atoms with E-state index in [-0.39, 0.29) is 6.04 Å². The summed E-state index contributed by atoms with van der Waals surface area (Å²) in [6, 6.07) is 10.3. The predicted octanol–water partition coefficient (Wildman–Crippen LogP) is 4.31. The molecule has 156 valence electrons. The second-order valence-corrected chi connectivity index (χ2v) is 7.48. The second-order valence-electron chi connectivity index (χ2n) is 7.48. The van der Waals surface area contributed by atoms with Gasteiger partial charge in [0.25, 0.3) is 0 Å². The number of hydrogen-bond donors (Lipinski definition) is 2. The topological polar surface area (TPSA) is 87.6 Å². The van der Waals surface area contributed by atoms with Crippen LogP contribution in [0.25, 0.3) is 22.0 Å². The summed E-state index contributed by atoms with van der Waals surface area (Å²) < 4.78 is 20.4. The zero-order valence-corrected chi connectivity index (χ0v) is 16.9. The molecule has 0 bridgehead atoms. The predicted molar refractivity (Wildman–Crippen MR) is 112 cm³/mol. The lowest BCUT2D eigenvalue weighted by molar-refractivity contribution is 0.133. The minimum atomic E-state index is -0.940. The van der Waals surface area contributed by atoms with Crippen molar-refractivity contribution < 1.29 is 19.0 Å². The quantitative estimate of drug-likeness (QED) is 0.667. The average Bonchev–Trinajstić information content (AvgIpc) is 2.74. The summed E-state index contributed by atoms with van der Waals surface area (Å²) in [6.07, 6.45) is 0.614. The van der Waals surface area contributed by atoms with Crippen molar-refractivity contribution in [1.29, 1.82) is 0 Å². The first-order valence-electron chi connectivity index (χ1n) is 9.82. The summed E-state index contributed by atoms with van der Waals surface area (Å²) in [5.41, 5.74) is 2.08. The number of methoxy groups -OCH3 is 1. The van der Waals surface area contributed by atoms with Gasteiger partial charge in [0.1, 0.15) is 17.3 Å². The molecule has 1 fully saturated rings. The number of rotatable bonds is 4. The SMILES string of the molecule is COc1cc(C)ccc1-c1nnc(N[C@@H]2CCCN(C(=O)O)C2)c2cccc(F)c12. The number of anilines is 1. The molecule has 4 rings (SSSR count). The van der Waals surface area contributed by atoms with E-state index in [4.69, 9.17) is 4.74 Å². The molecule has 0 aliphatic carbocycles. The standard InChI is InChI=1S/C22H23FN4O3/c1-13-8-9-15(18(11-13)30-2)20-19-16(6-3-7-17(19)23)21(26-25-20)24-14-5-4-10-27(12-14)22(28)29/h3,6-9,11,14H,4-5,10,12H2,1-2H3,(H,24,26)(H,28,29)/t14-/m1/s1. The molecule has 7 nitrogen and oxygen atoms in total. The molecule has 2 aromatic carbocycles. The first kappa shape index (κ1) is 19.9. The number of carboxylic acid groups (broad SMARTS) is 1. The van der Waals surface area contributed by atoms with Gasteiger partial charge in [-0.05, 0) is 43.5 Å². The maximum absolute atomic E-state index is 15.0. The van der Waals surface area contributed by atoms with Gasteiger partial charge in [0.15, 0.2) is 5.82 Å². The summed E-state index contributed by atoms with van der Waals surface area (Å²) in [5.74, 6) is 0.634. The number of benzene rings is 2. The number of fused-ring (bicyclic) bond motifs is 1. The third-order valence-electron chi connectivity index (χ3n) is 5.40. The van der Waals surface area contributed by atoms with Crippen LogP contribution in [0.1, 0.15) is 18.4 Å². The number of piperidine rings is 1. The smallest absolute Gasteiger partial charge is 0.407 e. The van der Waals surface area contributed by atoms with Crippen LogP contribution in [0, 0.1) is 12.7 Å². The average molecular weight is 410 g/mol. The molecule has 1 aliphatic rings. The van der Waals surface area contributed by atoms with E-state index < -0.39 is 11.9 Å². The molecule has 2 N–H and O–H groups in total. The van der Waals surface area contributed by atoms with Crippen LogP contribution in [0.3, 0.4) is 0 Å². The van der Waals surface area contributed by atoms with Crippen LogP contribution in [-0.4, -0.2) is 52.5 Å². The fourth-order valence-electron chi connectivity index (χ4n) is 3.92. The molecule has 0 saturated carbocycles. The summed E-state index contributed by atoms with van der Waals surface area (Å²) in [5, 5.41) is 22.2. The van der Waals surface area contributed by atoms with Gasteiger partial charge in [-0.15, -0.1) is 10.2 Å². The Hall–Kier alpha value is -3.42. The van der Waals surface area contributed by atoms with Crippen LogP contribution in [0.4, 0.5) is 15.0 Å². The van der Waals surface area contributed by atoms with Crippen LogP contribution >= 0.6 is 0 Å². The molecule has 0 unspecified atom stereocenters. The Balaban J connectivity index is 1.77. The van der Waals surface area contributed by atoms with Gasteiger partial charge >= 0.3 is 6.09 Å². The van der Waals surface area contributed by atoms with E-state index in [1.165, 1.54) is 11.0 Å². The summed E-state index contributed by atoms with van der Waals surface area (Å²) in [7, 11) is 1.57. The summed E-state index contributed by atoms with van der Waals surface area (Å²) in [4.78, 5) is 12.7. The molecular weight excluding hydrogens is 387 g/mol. The van der Waals surface area contributed by atoms with Gasteiger partial charge in [0, 0.05) is 35.5 Å². The lowest BCUT2D eigenvalue weighted by Gasteiger charge is -2.31. The van der Waals surface area contributed by atoms with E-state index in [0.29, 0.717) is 46.7 Å². The Morgan fingerprint density at radius 3 is 2.90 bits per heavy atom. The molecule has 0 radical (unpaired) electrons. The lowest BCUT2D eigenvalue weighted by atomic mass is 10.0. The fraction of sp³-hybridized carbons (Fsp3) is 0.318. The van der Waals surface area contributed by atoms with E-state index in [1.54, 1.807) is 19.2 Å². The Morgan fingerprint density at radius 1 is 1.30 bits per heavy atom. The molecule has 1 atom stereocenters. The molecule has 8 heteroatoms. The first-order chi connectivity index (χ1) is 14.5. The maximum Gasteiger partial charge on any atom is 0.407 e. The number of aryl methyl sites for hydroxylation is 1. The Labute approximate surface area is 173 Å². The number of nitrogens with zero attached hydrogens (tertiary/aromatic N) is 3. The molecule has 1 aliphatic heterocycles. The normalized spacial score (nSPS) is 16.5. The second kappa shape index (κ2) is 8.14. The Bertz CT molecular complexity index is 1110. The van der Waals surface area contributed by atoms with Crippen LogP contribution in [-0.2, 0) is 0 Å². The number of ether oxygens (including phenoxy) is 1. The Kier molecular flexibility index (Phi) is 5.39. The minimum absolute atomic E-state index is 0.115. The van der Waals surface area contributed by atoms with E-state index in [9.17, 15) is 14.3 Å². The van der Waals surface area contributed by atoms with Gasteiger partial charge in [-0.2, -0.15) is 0 Å². The molecule has 0 spiro atoms. The van der Waals surface area contributed by atoms with Gasteiger partial charge in [0.2, 0.25) is 0 Å². The van der Waals surface area contributed by atoms with Crippen molar-refractivity contribution in [2.45, 2.75) is 25.8 Å². The number of amides is 1. The van der Waals surface area contributed by atoms with E-state index in [0.717, 1.165) is 18.4 Å². The third kappa shape index (κ3) is 3.72. The monoisotopic (exact) mass is 410 g/mol. The number of aromatic nitrogens is 2. The van der Waals surface area contributed by atoms with Crippen molar-refractivity contribution in [3.8, 4) is 17.0 Å². The Morgan fingerprint density at radius 2 is 2.13 bits per heavy atom. The summed E-state index contributed by atoms with van der Waals surface area (Å²) >= 11 is 0. The van der Waals surface area contributed by atoms with Gasteiger partial charge in [-0.25, -0.2) is 9.18 Å². The van der Waals surface area contributed by atoms with E-state index in [1.807, 2.05) is 25.1 Å². The number of carbonyl (C=O) groups is 1. The van der Waals surface area contributed by atoms with Crippen LogP contribution in [0.2, 0.25) is 0 Å². The number of halogens is 1. The van der Waals surface area contributed by atoms with Gasteiger partial charge in [-0.1, -0.05) is 18.2 Å². The molecule has 2 heterocycles. The highest BCUT2D eigenvalue weighted by molar-refractivity contribution is 6.01. The number of likely N-dealkylation sites (tertiary alicyclic amines) is 1. The van der Waals surface area contributed by atoms with Gasteiger partial charge in [-0.3, -0.25) is 0 Å². The molecule has 1 amide bonds. The van der Waals surface area contributed by atoms with E-state index >= 15 is 0 Å². The highest BCUT2D eigenvalue weighted by Gasteiger charge is 2.25. The molecular formula is C22H23FN4O3. The minimum Gasteiger partial charge on any atom is -0.496 e. The third-order valence-corrected chi connectivity index (χ3v) is 5.40. The highest BCUT2D eigenvalue weighted by Crippen LogP contribution is 2.37. The summed E-state index contributed by atoms with van der Waals surface area (Å²) in [6.45, 7) is 2.82. The maximum atomic E-state index is 15.0. The van der Waals surface area contributed by atoms with Crippen molar-refractivity contribution >= 4 is 22.7 Å². The molecule has 1 saturated heterocycles. The number of hydrogen-bond acceptors (Lipinski definition) is 5. The molecule has 1 aromatic heterocycles. The van der Waals surface area contributed by atoms with Crippen molar-refractivity contribution in [2.24, 2.45) is 0 Å². The fourth-order valence-corrected chi connectivity index (χ4v) is 3.92. The van der Waals surface area contributed by atoms with Crippen LogP contribution < -0.4 is 10.1 Å². The zero-order valence-electron chi connectivity index (χ0n) is 16.9. The van der Waals surface area contributed by atoms with Gasteiger partial charge < -0.3 is 20.1 Å². The van der Waals surface area contributed by atoms with Crippen molar-refractivity contribution in [1.82, 2.24) is 15.1 Å². The van der Waals surface area contributed by atoms with Crippen LogP contribution in [0.15, 0.2) is 36.4 Å². The van der Waals surface area contributed by atoms with Crippen molar-refractivity contribution in [3.05, 3.63) is 47.8 Å². The number of nitrogens with one attached hydrogen (secondary N) is 1. The van der Waals surface area contributed by atoms with Crippen LogP contribution in [0.5, 0.6) is 5.75 Å². The molecule has 30 heavy (non-hydrogen) atoms. The van der Waals surface area contributed by atoms with Crippen molar-refractivity contribution in [3.63, 3.8) is 0 Å². The zero-order chi connectivity index (χ0) is 21.3. The lowest BCUT2D eigenvalue weighted by Crippen LogP contribution is -2.44. The van der Waals surface area contributed by atoms with Gasteiger partial charge in [0.05, 0.1) is 7.11 Å². The largest absolute Gasteiger partial charge is 0.496 e. The highest BCUT2D eigenvalue weighted by atomic mass is 19.1.